The maximum Gasteiger partial charge on any atom is 0.142 e. The minimum Gasteiger partial charge on any atom is -0.320 e. The van der Waals surface area contributed by atoms with E-state index in [9.17, 15) is 4.39 Å². The van der Waals surface area contributed by atoms with Crippen molar-refractivity contribution >= 4 is 15.9 Å². The van der Waals surface area contributed by atoms with Gasteiger partial charge in [-0.2, -0.15) is 0 Å². The van der Waals surface area contributed by atoms with Crippen molar-refractivity contribution < 1.29 is 4.39 Å². The van der Waals surface area contributed by atoms with Crippen molar-refractivity contribution in [3.05, 3.63) is 45.7 Å². The molecule has 1 aliphatic rings. The number of rotatable bonds is 2. The lowest BCUT2D eigenvalue weighted by atomic mass is 9.95. The third-order valence-electron chi connectivity index (χ3n) is 3.29. The molecule has 0 aromatic heterocycles. The van der Waals surface area contributed by atoms with E-state index in [4.69, 9.17) is 5.73 Å². The second kappa shape index (κ2) is 5.78. The van der Waals surface area contributed by atoms with Crippen LogP contribution >= 0.6 is 15.9 Å². The van der Waals surface area contributed by atoms with Crippen molar-refractivity contribution in [2.24, 2.45) is 5.73 Å². The molecule has 1 aliphatic carbocycles. The normalized spacial score (nSPS) is 18.4. The van der Waals surface area contributed by atoms with Crippen LogP contribution in [-0.2, 0) is 0 Å². The summed E-state index contributed by atoms with van der Waals surface area (Å²) in [5, 5.41) is 0. The molecule has 0 bridgehead atoms. The third-order valence-corrected chi connectivity index (χ3v) is 3.90. The maximum atomic E-state index is 14.0. The maximum absolute atomic E-state index is 14.0. The van der Waals surface area contributed by atoms with Crippen molar-refractivity contribution in [3.63, 3.8) is 0 Å². The second-order valence-corrected chi connectivity index (χ2v) is 5.35. The number of benzene rings is 1. The Morgan fingerprint density at radius 3 is 2.88 bits per heavy atom. The fourth-order valence-electron chi connectivity index (χ4n) is 2.28. The average molecular weight is 298 g/mol. The molecule has 2 N–H and O–H groups in total. The summed E-state index contributed by atoms with van der Waals surface area (Å²) in [5.41, 5.74) is 7.95. The Labute approximate surface area is 110 Å². The Morgan fingerprint density at radius 1 is 1.24 bits per heavy atom. The Morgan fingerprint density at radius 2 is 2.06 bits per heavy atom. The zero-order chi connectivity index (χ0) is 12.3. The van der Waals surface area contributed by atoms with Gasteiger partial charge in [0.1, 0.15) is 5.82 Å². The van der Waals surface area contributed by atoms with Gasteiger partial charge in [-0.15, -0.1) is 0 Å². The van der Waals surface area contributed by atoms with Gasteiger partial charge in [-0.05, 0) is 47.7 Å². The molecule has 0 spiro atoms. The number of nitrogens with two attached hydrogens (primary N) is 1. The first-order chi connectivity index (χ1) is 8.20. The molecule has 0 saturated carbocycles. The summed E-state index contributed by atoms with van der Waals surface area (Å²) in [7, 11) is 0. The smallest absolute Gasteiger partial charge is 0.142 e. The van der Waals surface area contributed by atoms with Crippen LogP contribution in [0.3, 0.4) is 0 Å². The average Bonchev–Trinajstić information content (AvgIpc) is 2.60. The standard InChI is InChI=1S/C14H17BrFN/c15-12-9-5-8-11(13(12)16)14(17)10-6-3-1-2-4-7-10/h5-6,8-9,14H,1-4,7,17H2. The van der Waals surface area contributed by atoms with Gasteiger partial charge < -0.3 is 5.73 Å². The molecular formula is C14H17BrFN. The van der Waals surface area contributed by atoms with Crippen LogP contribution in [0.1, 0.15) is 43.7 Å². The lowest BCUT2D eigenvalue weighted by Gasteiger charge is -2.17. The second-order valence-electron chi connectivity index (χ2n) is 4.50. The van der Waals surface area contributed by atoms with Gasteiger partial charge in [0.25, 0.3) is 0 Å². The minimum atomic E-state index is -0.300. The van der Waals surface area contributed by atoms with Crippen LogP contribution in [0.5, 0.6) is 0 Å². The van der Waals surface area contributed by atoms with E-state index in [0.717, 1.165) is 19.3 Å². The SMILES string of the molecule is NC(C1=CCCCCC1)c1cccc(Br)c1F. The molecule has 1 aromatic rings. The predicted octanol–water partition coefficient (Wildman–Crippen LogP) is 4.48. The van der Waals surface area contributed by atoms with Gasteiger partial charge >= 0.3 is 0 Å². The lowest BCUT2D eigenvalue weighted by molar-refractivity contribution is 0.586. The number of halogens is 2. The molecule has 92 valence electrons. The van der Waals surface area contributed by atoms with Crippen LogP contribution in [0.4, 0.5) is 4.39 Å². The van der Waals surface area contributed by atoms with Gasteiger partial charge in [0.15, 0.2) is 0 Å². The third kappa shape index (κ3) is 2.96. The van der Waals surface area contributed by atoms with Crippen LogP contribution < -0.4 is 5.73 Å². The van der Waals surface area contributed by atoms with Gasteiger partial charge in [0.2, 0.25) is 0 Å². The molecule has 1 aromatic carbocycles. The minimum absolute atomic E-state index is 0.231. The molecule has 0 saturated heterocycles. The van der Waals surface area contributed by atoms with Crippen molar-refractivity contribution in [2.45, 2.75) is 38.1 Å². The van der Waals surface area contributed by atoms with E-state index in [0.29, 0.717) is 10.0 Å². The van der Waals surface area contributed by atoms with Crippen LogP contribution in [0, 0.1) is 5.82 Å². The highest BCUT2D eigenvalue weighted by Gasteiger charge is 2.17. The van der Waals surface area contributed by atoms with Crippen molar-refractivity contribution in [1.82, 2.24) is 0 Å². The Kier molecular flexibility index (Phi) is 4.35. The van der Waals surface area contributed by atoms with E-state index < -0.39 is 0 Å². The van der Waals surface area contributed by atoms with E-state index >= 15 is 0 Å². The van der Waals surface area contributed by atoms with E-state index in [1.165, 1.54) is 18.4 Å². The summed E-state index contributed by atoms with van der Waals surface area (Å²) in [5.74, 6) is -0.231. The molecule has 0 radical (unpaired) electrons. The van der Waals surface area contributed by atoms with Crippen molar-refractivity contribution in [2.75, 3.05) is 0 Å². The van der Waals surface area contributed by atoms with Gasteiger partial charge in [0, 0.05) is 5.56 Å². The molecule has 3 heteroatoms. The lowest BCUT2D eigenvalue weighted by Crippen LogP contribution is -2.15. The zero-order valence-electron chi connectivity index (χ0n) is 9.76. The molecule has 1 nitrogen and oxygen atoms in total. The number of hydrogen-bond donors (Lipinski definition) is 1. The monoisotopic (exact) mass is 297 g/mol. The van der Waals surface area contributed by atoms with Gasteiger partial charge in [-0.3, -0.25) is 0 Å². The van der Waals surface area contributed by atoms with Gasteiger partial charge in [0.05, 0.1) is 10.5 Å². The summed E-state index contributed by atoms with van der Waals surface area (Å²) in [6.45, 7) is 0. The molecular weight excluding hydrogens is 281 g/mol. The number of allylic oxidation sites excluding steroid dienone is 1. The molecule has 0 fully saturated rings. The number of hydrogen-bond acceptors (Lipinski definition) is 1. The fourth-order valence-corrected chi connectivity index (χ4v) is 2.66. The Bertz CT molecular complexity index is 428. The summed E-state index contributed by atoms with van der Waals surface area (Å²) < 4.78 is 14.4. The van der Waals surface area contributed by atoms with Crippen LogP contribution in [0.2, 0.25) is 0 Å². The molecule has 0 aliphatic heterocycles. The van der Waals surface area contributed by atoms with E-state index in [2.05, 4.69) is 22.0 Å². The molecule has 2 rings (SSSR count). The molecule has 1 unspecified atom stereocenters. The van der Waals surface area contributed by atoms with E-state index in [1.54, 1.807) is 12.1 Å². The van der Waals surface area contributed by atoms with Crippen LogP contribution in [0.25, 0.3) is 0 Å². The quantitative estimate of drug-likeness (QED) is 0.800. The summed E-state index contributed by atoms with van der Waals surface area (Å²) >= 11 is 3.20. The van der Waals surface area contributed by atoms with Crippen LogP contribution in [0.15, 0.2) is 34.3 Å². The first-order valence-electron chi connectivity index (χ1n) is 6.08. The summed E-state index contributed by atoms with van der Waals surface area (Å²) in [4.78, 5) is 0. The topological polar surface area (TPSA) is 26.0 Å². The molecule has 17 heavy (non-hydrogen) atoms. The van der Waals surface area contributed by atoms with Crippen molar-refractivity contribution in [1.29, 1.82) is 0 Å². The predicted molar refractivity (Wildman–Crippen MR) is 72.2 cm³/mol. The first kappa shape index (κ1) is 12.8. The zero-order valence-corrected chi connectivity index (χ0v) is 11.3. The summed E-state index contributed by atoms with van der Waals surface area (Å²) in [6, 6.07) is 5.01. The molecule has 1 atom stereocenters. The van der Waals surface area contributed by atoms with Crippen LogP contribution in [-0.4, -0.2) is 0 Å². The molecule has 0 heterocycles. The van der Waals surface area contributed by atoms with Crippen molar-refractivity contribution in [3.8, 4) is 0 Å². The Hall–Kier alpha value is -0.670. The fraction of sp³-hybridized carbons (Fsp3) is 0.429. The Balaban J connectivity index is 2.26. The molecule has 0 amide bonds. The van der Waals surface area contributed by atoms with Gasteiger partial charge in [-0.25, -0.2) is 4.39 Å². The van der Waals surface area contributed by atoms with Gasteiger partial charge in [-0.1, -0.05) is 30.2 Å². The first-order valence-corrected chi connectivity index (χ1v) is 6.88. The summed E-state index contributed by atoms with van der Waals surface area (Å²) in [6.07, 6.45) is 7.88. The highest BCUT2D eigenvalue weighted by Crippen LogP contribution is 2.30. The van der Waals surface area contributed by atoms with E-state index in [1.807, 2.05) is 6.07 Å². The highest BCUT2D eigenvalue weighted by atomic mass is 79.9. The largest absolute Gasteiger partial charge is 0.320 e. The van der Waals surface area contributed by atoms with E-state index in [-0.39, 0.29) is 11.9 Å². The highest BCUT2D eigenvalue weighted by molar-refractivity contribution is 9.10.